The van der Waals surface area contributed by atoms with E-state index in [1.54, 1.807) is 42.5 Å². The summed E-state index contributed by atoms with van der Waals surface area (Å²) in [7, 11) is 0. The first-order valence-corrected chi connectivity index (χ1v) is 10.4. The third-order valence-electron chi connectivity index (χ3n) is 5.26. The molecule has 0 bridgehead atoms. The highest BCUT2D eigenvalue weighted by Gasteiger charge is 2.29. The Morgan fingerprint density at radius 3 is 2.66 bits per heavy atom. The van der Waals surface area contributed by atoms with E-state index in [0.717, 1.165) is 16.9 Å². The summed E-state index contributed by atoms with van der Waals surface area (Å²) in [6, 6.07) is 19.0. The number of ketones is 1. The zero-order valence-electron chi connectivity index (χ0n) is 17.0. The predicted octanol–water partition coefficient (Wildman–Crippen LogP) is 5.88. The summed E-state index contributed by atoms with van der Waals surface area (Å²) in [6.07, 6.45) is 3.44. The Balaban J connectivity index is 1.39. The second-order valence-electron chi connectivity index (χ2n) is 7.41. The molecule has 0 spiro atoms. The minimum atomic E-state index is -0.590. The first-order chi connectivity index (χ1) is 15.5. The lowest BCUT2D eigenvalue weighted by molar-refractivity contribution is 0.0734. The van der Waals surface area contributed by atoms with Crippen LogP contribution in [-0.2, 0) is 0 Å². The average molecular weight is 445 g/mol. The molecule has 0 fully saturated rings. The van der Waals surface area contributed by atoms with Crippen molar-refractivity contribution in [3.05, 3.63) is 106 Å². The molecule has 32 heavy (non-hydrogen) atoms. The van der Waals surface area contributed by atoms with E-state index in [9.17, 15) is 9.59 Å². The maximum absolute atomic E-state index is 12.8. The Bertz CT molecular complexity index is 1320. The van der Waals surface area contributed by atoms with Gasteiger partial charge in [0.05, 0.1) is 16.1 Å². The standard InChI is InChI=1S/C26H17ClO5/c1-15-17(12-16-6-2-5-9-22(16)30-15)13-24-25(28)20-11-10-18(14-23(20)32-24)31-26(29)19-7-3-4-8-21(19)27/h2-15H,1H3. The molecule has 3 aromatic carbocycles. The number of para-hydroxylation sites is 1. The molecule has 5 rings (SSSR count). The highest BCUT2D eigenvalue weighted by atomic mass is 35.5. The van der Waals surface area contributed by atoms with Crippen LogP contribution in [0.25, 0.3) is 6.08 Å². The molecule has 0 radical (unpaired) electrons. The van der Waals surface area contributed by atoms with Crippen molar-refractivity contribution >= 4 is 29.4 Å². The highest BCUT2D eigenvalue weighted by Crippen LogP contribution is 2.36. The van der Waals surface area contributed by atoms with E-state index in [1.165, 1.54) is 6.07 Å². The molecule has 2 aliphatic rings. The van der Waals surface area contributed by atoms with Crippen molar-refractivity contribution in [3.8, 4) is 17.2 Å². The van der Waals surface area contributed by atoms with Crippen LogP contribution in [0.1, 0.15) is 33.2 Å². The van der Waals surface area contributed by atoms with Crippen molar-refractivity contribution < 1.29 is 23.8 Å². The minimum absolute atomic E-state index is 0.190. The van der Waals surface area contributed by atoms with Gasteiger partial charge in [0.25, 0.3) is 0 Å². The second kappa shape index (κ2) is 8.02. The van der Waals surface area contributed by atoms with Gasteiger partial charge in [-0.05, 0) is 55.0 Å². The Morgan fingerprint density at radius 2 is 1.81 bits per heavy atom. The van der Waals surface area contributed by atoms with Crippen LogP contribution in [0.15, 0.2) is 84.1 Å². The molecule has 0 saturated carbocycles. The summed E-state index contributed by atoms with van der Waals surface area (Å²) in [5, 5.41) is 0.300. The zero-order chi connectivity index (χ0) is 22.2. The van der Waals surface area contributed by atoms with Crippen molar-refractivity contribution in [2.75, 3.05) is 0 Å². The van der Waals surface area contributed by atoms with Gasteiger partial charge < -0.3 is 14.2 Å². The van der Waals surface area contributed by atoms with Crippen LogP contribution in [0.2, 0.25) is 5.02 Å². The van der Waals surface area contributed by atoms with E-state index in [-0.39, 0.29) is 29.0 Å². The molecule has 3 aromatic rings. The Labute approximate surface area is 189 Å². The average Bonchev–Trinajstić information content (AvgIpc) is 3.09. The third kappa shape index (κ3) is 3.67. The second-order valence-corrected chi connectivity index (χ2v) is 7.82. The van der Waals surface area contributed by atoms with Gasteiger partial charge in [0.2, 0.25) is 5.78 Å². The molecule has 0 amide bonds. The van der Waals surface area contributed by atoms with Crippen LogP contribution in [0.4, 0.5) is 0 Å². The fourth-order valence-corrected chi connectivity index (χ4v) is 3.81. The van der Waals surface area contributed by atoms with Gasteiger partial charge in [0.1, 0.15) is 23.4 Å². The normalized spacial score (nSPS) is 17.7. The van der Waals surface area contributed by atoms with E-state index >= 15 is 0 Å². The quantitative estimate of drug-likeness (QED) is 0.286. The molecule has 6 heteroatoms. The molecule has 5 nitrogen and oxygen atoms in total. The summed E-state index contributed by atoms with van der Waals surface area (Å²) < 4.78 is 17.2. The number of rotatable bonds is 3. The van der Waals surface area contributed by atoms with Crippen LogP contribution in [0.5, 0.6) is 17.2 Å². The van der Waals surface area contributed by atoms with Crippen LogP contribution >= 0.6 is 11.6 Å². The predicted molar refractivity (Wildman–Crippen MR) is 120 cm³/mol. The van der Waals surface area contributed by atoms with Gasteiger partial charge in [-0.2, -0.15) is 0 Å². The molecule has 2 aliphatic heterocycles. The lowest BCUT2D eigenvalue weighted by Gasteiger charge is -2.22. The number of Topliss-reactive ketones (excluding diaryl/α,β-unsaturated/α-hetero) is 1. The van der Waals surface area contributed by atoms with Crippen LogP contribution in [0, 0.1) is 0 Å². The molecule has 2 heterocycles. The number of benzene rings is 3. The van der Waals surface area contributed by atoms with Gasteiger partial charge in [0, 0.05) is 11.6 Å². The Kier molecular flexibility index (Phi) is 5.04. The van der Waals surface area contributed by atoms with E-state index < -0.39 is 5.97 Å². The lowest BCUT2D eigenvalue weighted by Crippen LogP contribution is -2.18. The van der Waals surface area contributed by atoms with Crippen molar-refractivity contribution in [1.82, 2.24) is 0 Å². The van der Waals surface area contributed by atoms with E-state index in [1.807, 2.05) is 37.3 Å². The molecule has 158 valence electrons. The van der Waals surface area contributed by atoms with Crippen molar-refractivity contribution in [2.45, 2.75) is 13.0 Å². The molecule has 0 N–H and O–H groups in total. The maximum Gasteiger partial charge on any atom is 0.345 e. The molecule has 1 unspecified atom stereocenters. The van der Waals surface area contributed by atoms with Crippen molar-refractivity contribution in [3.63, 3.8) is 0 Å². The van der Waals surface area contributed by atoms with Crippen LogP contribution in [0.3, 0.4) is 0 Å². The largest absolute Gasteiger partial charge is 0.485 e. The van der Waals surface area contributed by atoms with Gasteiger partial charge in [0.15, 0.2) is 5.76 Å². The molecule has 0 aliphatic carbocycles. The number of ether oxygens (including phenoxy) is 3. The van der Waals surface area contributed by atoms with Gasteiger partial charge in [-0.25, -0.2) is 4.79 Å². The zero-order valence-corrected chi connectivity index (χ0v) is 17.8. The first-order valence-electron chi connectivity index (χ1n) is 10.0. The first kappa shape index (κ1) is 20.1. The van der Waals surface area contributed by atoms with Gasteiger partial charge >= 0.3 is 5.97 Å². The van der Waals surface area contributed by atoms with E-state index in [2.05, 4.69) is 0 Å². The van der Waals surface area contributed by atoms with Crippen LogP contribution in [-0.4, -0.2) is 17.9 Å². The maximum atomic E-state index is 12.8. The minimum Gasteiger partial charge on any atom is -0.485 e. The summed E-state index contributed by atoms with van der Waals surface area (Å²) in [5.74, 6) is 0.745. The summed E-state index contributed by atoms with van der Waals surface area (Å²) >= 11 is 6.06. The van der Waals surface area contributed by atoms with E-state index in [0.29, 0.717) is 16.3 Å². The highest BCUT2D eigenvalue weighted by molar-refractivity contribution is 6.33. The third-order valence-corrected chi connectivity index (χ3v) is 5.59. The Morgan fingerprint density at radius 1 is 1.03 bits per heavy atom. The van der Waals surface area contributed by atoms with E-state index in [4.69, 9.17) is 25.8 Å². The number of esters is 1. The number of carbonyl (C=O) groups excluding carboxylic acids is 2. The number of carbonyl (C=O) groups is 2. The SMILES string of the molecule is CC1Oc2ccccc2C=C1C=C1Oc2cc(OC(=O)c3ccccc3Cl)ccc2C1=O. The number of hydrogen-bond donors (Lipinski definition) is 0. The van der Waals surface area contributed by atoms with Crippen molar-refractivity contribution in [1.29, 1.82) is 0 Å². The number of hydrogen-bond acceptors (Lipinski definition) is 5. The monoisotopic (exact) mass is 444 g/mol. The molecule has 1 atom stereocenters. The summed E-state index contributed by atoms with van der Waals surface area (Å²) in [4.78, 5) is 25.3. The number of halogens is 1. The number of fused-ring (bicyclic) bond motifs is 2. The van der Waals surface area contributed by atoms with Crippen LogP contribution < -0.4 is 14.2 Å². The summed E-state index contributed by atoms with van der Waals surface area (Å²) in [6.45, 7) is 1.91. The van der Waals surface area contributed by atoms with Gasteiger partial charge in [-0.3, -0.25) is 4.79 Å². The fraction of sp³-hybridized carbons (Fsp3) is 0.0769. The molecule has 0 aromatic heterocycles. The number of allylic oxidation sites excluding steroid dienone is 1. The van der Waals surface area contributed by atoms with Crippen molar-refractivity contribution in [2.24, 2.45) is 0 Å². The Hall–Kier alpha value is -3.83. The molecular formula is C26H17ClO5. The molecular weight excluding hydrogens is 428 g/mol. The fourth-order valence-electron chi connectivity index (χ4n) is 3.59. The smallest absolute Gasteiger partial charge is 0.345 e. The van der Waals surface area contributed by atoms with Gasteiger partial charge in [-0.15, -0.1) is 0 Å². The molecule has 0 saturated heterocycles. The summed E-state index contributed by atoms with van der Waals surface area (Å²) in [5.41, 5.74) is 2.42. The topological polar surface area (TPSA) is 61.8 Å². The van der Waals surface area contributed by atoms with Gasteiger partial charge in [-0.1, -0.05) is 41.9 Å². The lowest BCUT2D eigenvalue weighted by atomic mass is 10.0.